The molecule has 0 bridgehead atoms. The predicted molar refractivity (Wildman–Crippen MR) is 348 cm³/mol. The third-order valence-electron chi connectivity index (χ3n) is 16.0. The number of hydrogen-bond donors (Lipinski definition) is 7. The molecule has 2 unspecified atom stereocenters. The second kappa shape index (κ2) is 27.9. The molecular weight excluding hydrogens is 1230 g/mol. The van der Waals surface area contributed by atoms with Gasteiger partial charge in [0.15, 0.2) is 5.71 Å². The highest BCUT2D eigenvalue weighted by Gasteiger charge is 2.49. The summed E-state index contributed by atoms with van der Waals surface area (Å²) in [4.78, 5) is 65.6. The Labute approximate surface area is 522 Å². The topological polar surface area (TPSA) is 312 Å². The Kier molecular flexibility index (Phi) is 21.3. The number of anilines is 1. The van der Waals surface area contributed by atoms with Gasteiger partial charge in [-0.05, 0) is 142 Å². The highest BCUT2D eigenvalue weighted by Crippen LogP contribution is 2.56. The van der Waals surface area contributed by atoms with Crippen LogP contribution in [-0.4, -0.2) is 139 Å². The molecular formula is C62H77N8O13S5+. The third kappa shape index (κ3) is 14.9. The molecule has 0 radical (unpaired) electrons. The van der Waals surface area contributed by atoms with E-state index in [-0.39, 0.29) is 48.6 Å². The summed E-state index contributed by atoms with van der Waals surface area (Å²) in [5.41, 5.74) is 5.71. The zero-order valence-corrected chi connectivity index (χ0v) is 54.6. The number of unbranched alkanes of at least 4 members (excludes halogenated alkanes) is 2. The minimum atomic E-state index is -4.42. The molecule has 0 fully saturated rings. The molecule has 0 saturated heterocycles. The van der Waals surface area contributed by atoms with Crippen LogP contribution in [0.2, 0.25) is 0 Å². The number of pyridine rings is 2. The first-order valence-electron chi connectivity index (χ1n) is 29.6. The molecule has 0 saturated carbocycles. The number of hydrogen-bond acceptors (Lipinski definition) is 15. The number of nitrogens with zero attached hydrogens (tertiary/aromatic N) is 4. The fourth-order valence-corrected chi connectivity index (χ4v) is 15.3. The fraction of sp³-hybridized carbons (Fsp3) is 0.435. The zero-order valence-electron chi connectivity index (χ0n) is 50.5. The van der Waals surface area contributed by atoms with Gasteiger partial charge in [-0.1, -0.05) is 46.1 Å². The van der Waals surface area contributed by atoms with Gasteiger partial charge in [-0.2, -0.15) is 29.8 Å². The highest BCUT2D eigenvalue weighted by atomic mass is 32.2. The molecule has 0 aliphatic carbocycles. The molecule has 0 spiro atoms. The largest absolute Gasteiger partial charge is 0.351 e. The van der Waals surface area contributed by atoms with Crippen LogP contribution in [0.1, 0.15) is 159 Å². The van der Waals surface area contributed by atoms with Gasteiger partial charge in [-0.25, -0.2) is 9.97 Å². The van der Waals surface area contributed by atoms with E-state index in [1.54, 1.807) is 32.0 Å². The summed E-state index contributed by atoms with van der Waals surface area (Å²) in [5.74, 6) is -3.98. The number of nitrogens with one attached hydrogen (secondary N) is 4. The quantitative estimate of drug-likeness (QED) is 0.0130. The van der Waals surface area contributed by atoms with E-state index >= 15 is 0 Å². The Morgan fingerprint density at radius 1 is 0.591 bits per heavy atom. The molecule has 8 rings (SSSR count). The summed E-state index contributed by atoms with van der Waals surface area (Å²) in [7, 11) is -13.2. The highest BCUT2D eigenvalue weighted by molar-refractivity contribution is 7.86. The van der Waals surface area contributed by atoms with Crippen molar-refractivity contribution >= 4 is 114 Å². The molecule has 472 valence electrons. The lowest BCUT2D eigenvalue weighted by molar-refractivity contribution is -0.435. The van der Waals surface area contributed by atoms with Gasteiger partial charge in [-0.3, -0.25) is 32.8 Å². The summed E-state index contributed by atoms with van der Waals surface area (Å²) in [6, 6.07) is 14.6. The fourth-order valence-electron chi connectivity index (χ4n) is 12.1. The van der Waals surface area contributed by atoms with Crippen molar-refractivity contribution in [1.29, 1.82) is 0 Å². The molecule has 26 heteroatoms. The van der Waals surface area contributed by atoms with Crippen LogP contribution in [0.3, 0.4) is 0 Å². The molecule has 6 aromatic rings. The summed E-state index contributed by atoms with van der Waals surface area (Å²) >= 11 is 2.93. The number of thiophene rings is 2. The lowest BCUT2D eigenvalue weighted by atomic mass is 9.74. The number of aromatic nitrogens is 2. The SMILES string of the molecule is CCCCCN1/C(=C/C=C/C2=[N+](CCCS(=O)(=O)O)c3c(cc(-c4cc(C(=O)NCC)nc(C(=O)NCC)c4)c4sccc34)C2(C)CCC)C(C)(CCCS(=O)(=O)O)c2cc(-c3cc(C(=O)NCCC)nc(C(=O)NCCS(=O)(=O)O)c3)c3sccc3c21. The molecule has 2 aromatic carbocycles. The lowest BCUT2D eigenvalue weighted by Crippen LogP contribution is -2.32. The van der Waals surface area contributed by atoms with Crippen molar-refractivity contribution in [2.75, 3.05) is 61.4 Å². The number of allylic oxidation sites excluding steroid dienone is 4. The molecule has 4 aromatic heterocycles. The van der Waals surface area contributed by atoms with Crippen molar-refractivity contribution in [1.82, 2.24) is 31.2 Å². The zero-order chi connectivity index (χ0) is 63.9. The van der Waals surface area contributed by atoms with Crippen molar-refractivity contribution in [2.45, 2.75) is 117 Å². The van der Waals surface area contributed by atoms with Crippen LogP contribution >= 0.6 is 22.7 Å². The normalized spacial score (nSPS) is 17.3. The molecule has 6 heterocycles. The van der Waals surface area contributed by atoms with E-state index in [0.717, 1.165) is 85.3 Å². The van der Waals surface area contributed by atoms with Gasteiger partial charge in [0.1, 0.15) is 29.3 Å². The summed E-state index contributed by atoms with van der Waals surface area (Å²) < 4.78 is 106. The summed E-state index contributed by atoms with van der Waals surface area (Å²) in [6.07, 6.45) is 10.9. The Morgan fingerprint density at radius 3 is 1.62 bits per heavy atom. The van der Waals surface area contributed by atoms with Crippen LogP contribution < -0.4 is 26.2 Å². The molecule has 21 nitrogen and oxygen atoms in total. The second-order valence-corrected chi connectivity index (χ2v) is 29.0. The van der Waals surface area contributed by atoms with E-state index in [9.17, 15) is 58.1 Å². The first-order chi connectivity index (χ1) is 41.7. The molecule has 2 aliphatic rings. The molecule has 4 amide bonds. The van der Waals surface area contributed by atoms with Gasteiger partial charge in [0.2, 0.25) is 5.69 Å². The van der Waals surface area contributed by atoms with Crippen LogP contribution in [0.5, 0.6) is 0 Å². The van der Waals surface area contributed by atoms with Crippen molar-refractivity contribution in [3.8, 4) is 22.3 Å². The molecule has 2 atom stereocenters. The minimum Gasteiger partial charge on any atom is -0.351 e. The number of benzene rings is 2. The van der Waals surface area contributed by atoms with Crippen LogP contribution in [0.15, 0.2) is 83.2 Å². The van der Waals surface area contributed by atoms with Gasteiger partial charge in [0.05, 0.1) is 33.7 Å². The number of carbonyl (C=O) groups excluding carboxylic acids is 4. The van der Waals surface area contributed by atoms with E-state index in [0.29, 0.717) is 55.7 Å². The van der Waals surface area contributed by atoms with Crippen molar-refractivity contribution in [2.24, 2.45) is 0 Å². The van der Waals surface area contributed by atoms with Gasteiger partial charge >= 0.3 is 0 Å². The smallest absolute Gasteiger partial charge is 0.269 e. The minimum absolute atomic E-state index is 0.0509. The van der Waals surface area contributed by atoms with Crippen molar-refractivity contribution in [3.05, 3.63) is 117 Å². The number of rotatable bonds is 29. The van der Waals surface area contributed by atoms with Crippen molar-refractivity contribution < 1.29 is 62.7 Å². The Balaban J connectivity index is 1.35. The molecule has 88 heavy (non-hydrogen) atoms. The summed E-state index contributed by atoms with van der Waals surface area (Å²) in [6.45, 7) is 15.1. The molecule has 7 N–H and O–H groups in total. The van der Waals surface area contributed by atoms with Crippen LogP contribution in [0.25, 0.3) is 42.4 Å². The van der Waals surface area contributed by atoms with E-state index in [2.05, 4.69) is 67.5 Å². The van der Waals surface area contributed by atoms with Crippen molar-refractivity contribution in [3.63, 3.8) is 0 Å². The van der Waals surface area contributed by atoms with Gasteiger partial charge in [-0.15, -0.1) is 22.7 Å². The Morgan fingerprint density at radius 2 is 1.10 bits per heavy atom. The van der Waals surface area contributed by atoms with Crippen LogP contribution in [0.4, 0.5) is 11.4 Å². The van der Waals surface area contributed by atoms with E-state index in [1.807, 2.05) is 61.0 Å². The number of amides is 4. The summed E-state index contributed by atoms with van der Waals surface area (Å²) in [5, 5.41) is 16.5. The van der Waals surface area contributed by atoms with Crippen LogP contribution in [0, 0.1) is 0 Å². The Bertz CT molecular complexity index is 4100. The number of carbonyl (C=O) groups is 4. The lowest BCUT2D eigenvalue weighted by Gasteiger charge is -2.30. The maximum Gasteiger partial charge on any atom is 0.269 e. The van der Waals surface area contributed by atoms with Crippen LogP contribution in [-0.2, 0) is 41.2 Å². The first kappa shape index (κ1) is 67.2. The van der Waals surface area contributed by atoms with E-state index in [4.69, 9.17) is 0 Å². The van der Waals surface area contributed by atoms with Gasteiger partial charge < -0.3 is 26.2 Å². The predicted octanol–water partition coefficient (Wildman–Crippen LogP) is 10.0. The molecule has 2 aliphatic heterocycles. The second-order valence-electron chi connectivity index (χ2n) is 22.5. The van der Waals surface area contributed by atoms with Gasteiger partial charge in [0.25, 0.3) is 54.0 Å². The van der Waals surface area contributed by atoms with E-state index in [1.165, 1.54) is 28.7 Å². The first-order valence-corrected chi connectivity index (χ1v) is 36.2. The maximum atomic E-state index is 13.8. The van der Waals surface area contributed by atoms with Gasteiger partial charge in [0, 0.05) is 87.8 Å². The average molecular weight is 1300 g/mol. The average Bonchev–Trinajstić information content (AvgIpc) is 1.57. The maximum absolute atomic E-state index is 13.8. The Hall–Kier alpha value is -6.78. The van der Waals surface area contributed by atoms with E-state index < -0.39 is 88.6 Å². The number of fused-ring (bicyclic) bond motifs is 6. The standard InChI is InChI=1S/C62H76N8O13S5/c1-8-13-14-26-69-52(62(7,23-16-30-86(75,76)77)46-38-44(56-42(54(46)69)21-29-85-56)40-35-49(59(73)65-24-10-3)68-50(36-40)60(74)66-25-32-88(81,82)83)19-15-18-51-61(6,22-9-2)45-37-43(39-33-47(57(71)63-11-4)67-48(34-39)58(72)64-12-5)55-41(20-28-84-55)53(45)70(51)27-17-31-87(78,79)80/h15,18-21,28-29,33-38H,8-14,16-17,22-27,30-32H2,1-7H3,(H6-,63,64,65,66,71,72,73,74,75,76,77,78,79,80,81,82,83)/p+1. The monoisotopic (exact) mass is 1300 g/mol. The third-order valence-corrected chi connectivity index (χ3v) is 20.2.